The summed E-state index contributed by atoms with van der Waals surface area (Å²) in [5.41, 5.74) is 0. The largest absolute Gasteiger partial charge is 1.00 e. The molecule has 8 heteroatoms. The van der Waals surface area contributed by atoms with Crippen LogP contribution < -0.4 is 61.6 Å². The van der Waals surface area contributed by atoms with E-state index < -0.39 is 11.9 Å². The number of rotatable bonds is 0. The monoisotopic (exact) mass is 211 g/mol. The molecule has 6 nitrogen and oxygen atoms in total. The van der Waals surface area contributed by atoms with E-state index >= 15 is 0 Å². The first kappa shape index (κ1) is 30.3. The number of carbonyl (C=O) groups is 2. The molecule has 0 heterocycles. The molecule has 0 unspecified atom stereocenters. The second-order valence-corrected chi connectivity index (χ2v) is 0.575. The third-order valence-electron chi connectivity index (χ3n) is 0.167. The number of carboxylic acid groups (broad SMARTS) is 2. The maximum absolute atomic E-state index is 8.93. The Bertz CT molecular complexity index is 81.7. The normalized spacial score (nSPS) is 4.40. The SMILES string of the molecule is O.O.O=C([O-])C(=O)[O-].[K+].[Ti]. The van der Waals surface area contributed by atoms with E-state index in [0.717, 1.165) is 0 Å². The molecule has 0 bridgehead atoms. The van der Waals surface area contributed by atoms with Gasteiger partial charge in [0.05, 0.1) is 11.9 Å². The molecule has 10 heavy (non-hydrogen) atoms. The second kappa shape index (κ2) is 16.7. The molecular weight excluding hydrogens is 207 g/mol. The van der Waals surface area contributed by atoms with Crippen LogP contribution in [-0.2, 0) is 31.3 Å². The smallest absolute Gasteiger partial charge is 0.543 e. The number of carbonyl (C=O) groups excluding carboxylic acids is 2. The van der Waals surface area contributed by atoms with Crippen LogP contribution in [0.1, 0.15) is 0 Å². The van der Waals surface area contributed by atoms with Gasteiger partial charge in [-0.05, 0) is 0 Å². The molecule has 0 aromatic rings. The summed E-state index contributed by atoms with van der Waals surface area (Å²) in [6, 6.07) is 0. The van der Waals surface area contributed by atoms with Crippen LogP contribution in [-0.4, -0.2) is 22.9 Å². The number of carboxylic acids is 2. The van der Waals surface area contributed by atoms with E-state index in [1.54, 1.807) is 0 Å². The van der Waals surface area contributed by atoms with Crippen molar-refractivity contribution < 1.29 is 104 Å². The summed E-state index contributed by atoms with van der Waals surface area (Å²) in [6.07, 6.45) is 0. The van der Waals surface area contributed by atoms with Crippen molar-refractivity contribution in [3.8, 4) is 0 Å². The van der Waals surface area contributed by atoms with Gasteiger partial charge in [-0.2, -0.15) is 0 Å². The van der Waals surface area contributed by atoms with Crippen molar-refractivity contribution in [2.75, 3.05) is 0 Å². The van der Waals surface area contributed by atoms with Crippen molar-refractivity contribution >= 4 is 11.9 Å². The Balaban J connectivity index is -0.0000000208. The average molecular weight is 211 g/mol. The van der Waals surface area contributed by atoms with Crippen LogP contribution in [0.5, 0.6) is 0 Å². The molecule has 0 rings (SSSR count). The Morgan fingerprint density at radius 3 is 1.00 bits per heavy atom. The first-order chi connectivity index (χ1) is 2.64. The predicted molar refractivity (Wildman–Crippen MR) is 17.2 cm³/mol. The van der Waals surface area contributed by atoms with Crippen molar-refractivity contribution in [3.63, 3.8) is 0 Å². The fourth-order valence-electron chi connectivity index (χ4n) is 0. The molecule has 0 amide bonds. The summed E-state index contributed by atoms with van der Waals surface area (Å²) < 4.78 is 0. The van der Waals surface area contributed by atoms with Crippen LogP contribution in [0.15, 0.2) is 0 Å². The molecule has 0 saturated heterocycles. The molecule has 0 saturated carbocycles. The van der Waals surface area contributed by atoms with Crippen LogP contribution in [0.4, 0.5) is 0 Å². The van der Waals surface area contributed by atoms with Crippen LogP contribution >= 0.6 is 0 Å². The van der Waals surface area contributed by atoms with Gasteiger partial charge in [0, 0.05) is 21.7 Å². The van der Waals surface area contributed by atoms with Gasteiger partial charge >= 0.3 is 51.4 Å². The van der Waals surface area contributed by atoms with Crippen molar-refractivity contribution in [2.24, 2.45) is 0 Å². The Hall–Kier alpha value is 1.21. The Morgan fingerprint density at radius 1 is 0.900 bits per heavy atom. The third-order valence-corrected chi connectivity index (χ3v) is 0.167. The molecule has 0 fully saturated rings. The second-order valence-electron chi connectivity index (χ2n) is 0.575. The average Bonchev–Trinajstić information content (AvgIpc) is 1.36. The van der Waals surface area contributed by atoms with E-state index in [1.165, 1.54) is 0 Å². The molecule has 0 spiro atoms. The van der Waals surface area contributed by atoms with Gasteiger partial charge in [-0.3, -0.25) is 0 Å². The maximum atomic E-state index is 8.93. The minimum Gasteiger partial charge on any atom is -0.543 e. The molecule has 0 aliphatic rings. The third kappa shape index (κ3) is 22.9. The van der Waals surface area contributed by atoms with Crippen molar-refractivity contribution in [1.29, 1.82) is 0 Å². The minimum absolute atomic E-state index is 0. The summed E-state index contributed by atoms with van der Waals surface area (Å²) in [4.78, 5) is 17.9. The molecule has 0 aromatic carbocycles. The molecule has 0 aromatic heterocycles. The summed E-state index contributed by atoms with van der Waals surface area (Å²) in [7, 11) is 0. The van der Waals surface area contributed by atoms with Gasteiger partial charge in [0.2, 0.25) is 0 Å². The fourth-order valence-corrected chi connectivity index (χ4v) is 0. The maximum Gasteiger partial charge on any atom is 1.00 e. The molecular formula is C2H4KO6Ti-. The van der Waals surface area contributed by atoms with Crippen molar-refractivity contribution in [3.05, 3.63) is 0 Å². The van der Waals surface area contributed by atoms with Gasteiger partial charge in [-0.1, -0.05) is 0 Å². The zero-order chi connectivity index (χ0) is 5.15. The van der Waals surface area contributed by atoms with Crippen LogP contribution in [0.2, 0.25) is 0 Å². The Morgan fingerprint density at radius 2 is 1.00 bits per heavy atom. The topological polar surface area (TPSA) is 143 Å². The molecule has 0 aliphatic heterocycles. The summed E-state index contributed by atoms with van der Waals surface area (Å²) in [5, 5.41) is 17.9. The van der Waals surface area contributed by atoms with Gasteiger partial charge in [0.1, 0.15) is 0 Å². The van der Waals surface area contributed by atoms with E-state index in [9.17, 15) is 0 Å². The first-order valence-corrected chi connectivity index (χ1v) is 1.07. The fraction of sp³-hybridized carbons (Fsp3) is 0. The summed E-state index contributed by atoms with van der Waals surface area (Å²) in [6.45, 7) is 0. The van der Waals surface area contributed by atoms with Crippen LogP contribution in [0, 0.1) is 0 Å². The standard InChI is InChI=1S/C2H2O4.K.2H2O.Ti/c3-1(4)2(5)6;;;;/h(H,3,4)(H,5,6);;2*1H2;/q;+1;;;/p-2. The van der Waals surface area contributed by atoms with E-state index in [-0.39, 0.29) is 84.1 Å². The number of hydrogen-bond donors (Lipinski definition) is 0. The number of aliphatic carboxylic acids is 2. The van der Waals surface area contributed by atoms with Gasteiger partial charge in [0.25, 0.3) is 0 Å². The minimum atomic E-state index is -2.19. The summed E-state index contributed by atoms with van der Waals surface area (Å²) in [5.74, 6) is -4.37. The van der Waals surface area contributed by atoms with Crippen LogP contribution in [0.25, 0.3) is 0 Å². The van der Waals surface area contributed by atoms with Crippen molar-refractivity contribution in [2.45, 2.75) is 0 Å². The van der Waals surface area contributed by atoms with E-state index in [0.29, 0.717) is 0 Å². The summed E-state index contributed by atoms with van der Waals surface area (Å²) >= 11 is 0. The quantitative estimate of drug-likeness (QED) is 0.289. The molecule has 54 valence electrons. The zero-order valence-corrected chi connectivity index (χ0v) is 9.82. The molecule has 0 aliphatic carbocycles. The van der Waals surface area contributed by atoms with Gasteiger partial charge in [-0.25, -0.2) is 0 Å². The van der Waals surface area contributed by atoms with Crippen LogP contribution in [0.3, 0.4) is 0 Å². The first-order valence-electron chi connectivity index (χ1n) is 1.07. The predicted octanol–water partition coefficient (Wildman–Crippen LogP) is -8.16. The van der Waals surface area contributed by atoms with Crippen molar-refractivity contribution in [1.82, 2.24) is 0 Å². The molecule has 4 N–H and O–H groups in total. The van der Waals surface area contributed by atoms with Gasteiger partial charge < -0.3 is 30.8 Å². The van der Waals surface area contributed by atoms with E-state index in [2.05, 4.69) is 0 Å². The van der Waals surface area contributed by atoms with Gasteiger partial charge in [0.15, 0.2) is 0 Å². The molecule has 0 atom stereocenters. The zero-order valence-electron chi connectivity index (χ0n) is 5.13. The van der Waals surface area contributed by atoms with Gasteiger partial charge in [-0.15, -0.1) is 0 Å². The number of hydrogen-bond acceptors (Lipinski definition) is 4. The Labute approximate surface area is 114 Å². The van der Waals surface area contributed by atoms with E-state index in [1.807, 2.05) is 0 Å². The molecule has 0 radical (unpaired) electrons. The van der Waals surface area contributed by atoms with E-state index in [4.69, 9.17) is 19.8 Å². The Kier molecular flexibility index (Phi) is 50.5.